The summed E-state index contributed by atoms with van der Waals surface area (Å²) in [5.41, 5.74) is 2.30. The third-order valence-corrected chi connectivity index (χ3v) is 4.23. The quantitative estimate of drug-likeness (QED) is 0.506. The van der Waals surface area contributed by atoms with E-state index in [9.17, 15) is 0 Å². The second-order valence-electron chi connectivity index (χ2n) is 6.31. The second-order valence-corrected chi connectivity index (χ2v) is 6.31. The van der Waals surface area contributed by atoms with Crippen LogP contribution in [0.2, 0.25) is 0 Å². The SMILES string of the molecule is CCOc1ccc(CN(C)C(=NC)NCc2ccnc(-n3cccn3)c2)cc1. The van der Waals surface area contributed by atoms with E-state index in [1.165, 1.54) is 5.56 Å². The summed E-state index contributed by atoms with van der Waals surface area (Å²) >= 11 is 0. The van der Waals surface area contributed by atoms with Gasteiger partial charge in [0.15, 0.2) is 11.8 Å². The maximum Gasteiger partial charge on any atom is 0.193 e. The number of benzene rings is 1. The fraction of sp³-hybridized carbons (Fsp3) is 0.286. The van der Waals surface area contributed by atoms with E-state index >= 15 is 0 Å². The van der Waals surface area contributed by atoms with Gasteiger partial charge in [-0.15, -0.1) is 0 Å². The molecule has 2 aromatic heterocycles. The summed E-state index contributed by atoms with van der Waals surface area (Å²) in [5, 5.41) is 7.63. The highest BCUT2D eigenvalue weighted by molar-refractivity contribution is 5.79. The lowest BCUT2D eigenvalue weighted by molar-refractivity contribution is 0.340. The minimum Gasteiger partial charge on any atom is -0.494 e. The molecule has 0 saturated carbocycles. The third-order valence-electron chi connectivity index (χ3n) is 4.23. The van der Waals surface area contributed by atoms with E-state index in [4.69, 9.17) is 4.74 Å². The van der Waals surface area contributed by atoms with Crippen LogP contribution in [0.3, 0.4) is 0 Å². The molecular formula is C21H26N6O. The Kier molecular flexibility index (Phi) is 6.62. The van der Waals surface area contributed by atoms with Gasteiger partial charge in [0.05, 0.1) is 6.61 Å². The monoisotopic (exact) mass is 378 g/mol. The van der Waals surface area contributed by atoms with Crippen molar-refractivity contribution in [1.29, 1.82) is 0 Å². The summed E-state index contributed by atoms with van der Waals surface area (Å²) in [4.78, 5) is 10.8. The molecule has 0 aliphatic carbocycles. The number of nitrogens with one attached hydrogen (secondary N) is 1. The van der Waals surface area contributed by atoms with Gasteiger partial charge in [-0.25, -0.2) is 9.67 Å². The number of pyridine rings is 1. The zero-order valence-corrected chi connectivity index (χ0v) is 16.5. The largest absolute Gasteiger partial charge is 0.494 e. The number of rotatable bonds is 7. The highest BCUT2D eigenvalue weighted by Gasteiger charge is 2.08. The van der Waals surface area contributed by atoms with E-state index in [0.29, 0.717) is 13.2 Å². The molecule has 7 nitrogen and oxygen atoms in total. The molecule has 0 aliphatic heterocycles. The topological polar surface area (TPSA) is 67.6 Å². The summed E-state index contributed by atoms with van der Waals surface area (Å²) < 4.78 is 7.24. The Labute approximate surface area is 165 Å². The van der Waals surface area contributed by atoms with Crippen LogP contribution in [0.25, 0.3) is 5.82 Å². The number of guanidine groups is 1. The molecule has 7 heteroatoms. The molecule has 3 rings (SSSR count). The minimum atomic E-state index is 0.650. The maximum absolute atomic E-state index is 5.50. The van der Waals surface area contributed by atoms with Crippen molar-refractivity contribution in [2.75, 3.05) is 20.7 Å². The molecule has 0 radical (unpaired) electrons. The molecule has 0 amide bonds. The second kappa shape index (κ2) is 9.55. The number of nitrogens with zero attached hydrogens (tertiary/aromatic N) is 5. The molecule has 0 spiro atoms. The van der Waals surface area contributed by atoms with E-state index in [0.717, 1.165) is 29.6 Å². The summed E-state index contributed by atoms with van der Waals surface area (Å²) in [5.74, 6) is 2.51. The maximum atomic E-state index is 5.50. The standard InChI is InChI=1S/C21H26N6O/c1-4-28-19-8-6-17(7-9-19)16-26(3)21(22-2)24-15-18-10-12-23-20(14-18)27-13-5-11-25-27/h5-14H,4,15-16H2,1-3H3,(H,22,24). The average molecular weight is 378 g/mol. The van der Waals surface area contributed by atoms with Crippen molar-refractivity contribution >= 4 is 5.96 Å². The van der Waals surface area contributed by atoms with Gasteiger partial charge < -0.3 is 15.0 Å². The normalized spacial score (nSPS) is 11.3. The molecule has 0 fully saturated rings. The first-order valence-corrected chi connectivity index (χ1v) is 9.28. The molecule has 146 valence electrons. The van der Waals surface area contributed by atoms with Crippen LogP contribution in [0.4, 0.5) is 0 Å². The Morgan fingerprint density at radius 1 is 1.18 bits per heavy atom. The van der Waals surface area contributed by atoms with Gasteiger partial charge in [-0.05, 0) is 48.4 Å². The van der Waals surface area contributed by atoms with Crippen molar-refractivity contribution < 1.29 is 4.74 Å². The molecule has 0 saturated heterocycles. The van der Waals surface area contributed by atoms with Gasteiger partial charge in [0.2, 0.25) is 0 Å². The Morgan fingerprint density at radius 3 is 2.68 bits per heavy atom. The van der Waals surface area contributed by atoms with Crippen LogP contribution in [0.5, 0.6) is 5.75 Å². The lowest BCUT2D eigenvalue weighted by atomic mass is 10.2. The Hall–Kier alpha value is -3.35. The van der Waals surface area contributed by atoms with E-state index in [-0.39, 0.29) is 0 Å². The van der Waals surface area contributed by atoms with Crippen LogP contribution in [-0.2, 0) is 13.1 Å². The van der Waals surface area contributed by atoms with Crippen LogP contribution in [0.15, 0.2) is 66.0 Å². The first-order chi connectivity index (χ1) is 13.7. The van der Waals surface area contributed by atoms with Gasteiger partial charge >= 0.3 is 0 Å². The van der Waals surface area contributed by atoms with Crippen molar-refractivity contribution in [2.45, 2.75) is 20.0 Å². The first kappa shape index (κ1) is 19.4. The molecule has 3 aromatic rings. The van der Waals surface area contributed by atoms with E-state index in [2.05, 4.69) is 37.4 Å². The number of aromatic nitrogens is 3. The summed E-state index contributed by atoms with van der Waals surface area (Å²) in [6.45, 7) is 4.06. The number of hydrogen-bond acceptors (Lipinski definition) is 4. The van der Waals surface area contributed by atoms with Gasteiger partial charge in [0.1, 0.15) is 5.75 Å². The molecule has 2 heterocycles. The predicted octanol–water partition coefficient (Wildman–Crippen LogP) is 2.87. The lowest BCUT2D eigenvalue weighted by Gasteiger charge is -2.22. The molecular weight excluding hydrogens is 352 g/mol. The minimum absolute atomic E-state index is 0.650. The third kappa shape index (κ3) is 5.09. The number of ether oxygens (including phenoxy) is 1. The van der Waals surface area contributed by atoms with Crippen LogP contribution in [0, 0.1) is 0 Å². The van der Waals surface area contributed by atoms with Crippen LogP contribution < -0.4 is 10.1 Å². The van der Waals surface area contributed by atoms with Crippen LogP contribution >= 0.6 is 0 Å². The van der Waals surface area contributed by atoms with Crippen molar-refractivity contribution in [3.8, 4) is 11.6 Å². The smallest absolute Gasteiger partial charge is 0.193 e. The number of hydrogen-bond donors (Lipinski definition) is 1. The number of aliphatic imine (C=N–C) groups is 1. The van der Waals surface area contributed by atoms with Crippen LogP contribution in [-0.4, -0.2) is 46.3 Å². The first-order valence-electron chi connectivity index (χ1n) is 9.28. The highest BCUT2D eigenvalue weighted by Crippen LogP contribution is 2.13. The van der Waals surface area contributed by atoms with Crippen molar-refractivity contribution in [3.63, 3.8) is 0 Å². The van der Waals surface area contributed by atoms with Gasteiger partial charge in [0.25, 0.3) is 0 Å². The summed E-state index contributed by atoms with van der Waals surface area (Å²) in [6.07, 6.45) is 5.41. The summed E-state index contributed by atoms with van der Waals surface area (Å²) in [7, 11) is 3.81. The predicted molar refractivity (Wildman–Crippen MR) is 111 cm³/mol. The van der Waals surface area contributed by atoms with Gasteiger partial charge in [0, 0.05) is 45.8 Å². The molecule has 0 unspecified atom stereocenters. The zero-order chi connectivity index (χ0) is 19.8. The fourth-order valence-corrected chi connectivity index (χ4v) is 2.87. The Balaban J connectivity index is 1.59. The van der Waals surface area contributed by atoms with Gasteiger partial charge in [-0.2, -0.15) is 5.10 Å². The molecule has 28 heavy (non-hydrogen) atoms. The lowest BCUT2D eigenvalue weighted by Crippen LogP contribution is -2.38. The van der Waals surface area contributed by atoms with E-state index < -0.39 is 0 Å². The molecule has 0 bridgehead atoms. The highest BCUT2D eigenvalue weighted by atomic mass is 16.5. The van der Waals surface area contributed by atoms with Gasteiger partial charge in [-0.3, -0.25) is 4.99 Å². The molecule has 0 aliphatic rings. The molecule has 1 aromatic carbocycles. The van der Waals surface area contributed by atoms with Crippen molar-refractivity contribution in [3.05, 3.63) is 72.2 Å². The van der Waals surface area contributed by atoms with Crippen molar-refractivity contribution in [1.82, 2.24) is 25.0 Å². The van der Waals surface area contributed by atoms with Crippen molar-refractivity contribution in [2.24, 2.45) is 4.99 Å². The molecule has 0 atom stereocenters. The zero-order valence-electron chi connectivity index (χ0n) is 16.5. The Bertz CT molecular complexity index is 890. The summed E-state index contributed by atoms with van der Waals surface area (Å²) in [6, 6.07) is 14.0. The average Bonchev–Trinajstić information content (AvgIpc) is 3.25. The van der Waals surface area contributed by atoms with Crippen LogP contribution in [0.1, 0.15) is 18.1 Å². The van der Waals surface area contributed by atoms with E-state index in [1.807, 2.05) is 50.5 Å². The van der Waals surface area contributed by atoms with E-state index in [1.54, 1.807) is 24.1 Å². The molecule has 1 N–H and O–H groups in total. The fourth-order valence-electron chi connectivity index (χ4n) is 2.87. The Morgan fingerprint density at radius 2 is 2.00 bits per heavy atom. The van der Waals surface area contributed by atoms with Gasteiger partial charge in [-0.1, -0.05) is 12.1 Å².